The lowest BCUT2D eigenvalue weighted by molar-refractivity contribution is 0.102. The Bertz CT molecular complexity index is 503. The summed E-state index contributed by atoms with van der Waals surface area (Å²) < 4.78 is 0.588. The number of pyridine rings is 1. The van der Waals surface area contributed by atoms with Crippen LogP contribution in [0.15, 0.2) is 41.4 Å². The molecule has 6 heteroatoms. The summed E-state index contributed by atoms with van der Waals surface area (Å²) in [6, 6.07) is 5.08. The van der Waals surface area contributed by atoms with E-state index < -0.39 is 0 Å². The fourth-order valence-corrected chi connectivity index (χ4v) is 1.45. The van der Waals surface area contributed by atoms with Crippen LogP contribution < -0.4 is 5.32 Å². The summed E-state index contributed by atoms with van der Waals surface area (Å²) >= 11 is 3.24. The summed E-state index contributed by atoms with van der Waals surface area (Å²) in [7, 11) is 0. The van der Waals surface area contributed by atoms with Crippen LogP contribution in [0.3, 0.4) is 0 Å². The largest absolute Gasteiger partial charge is 0.320 e. The van der Waals surface area contributed by atoms with E-state index in [-0.39, 0.29) is 5.91 Å². The second-order valence-electron chi connectivity index (χ2n) is 2.93. The van der Waals surface area contributed by atoms with Crippen LogP contribution in [0.25, 0.3) is 0 Å². The van der Waals surface area contributed by atoms with Crippen molar-refractivity contribution in [3.05, 3.63) is 47.0 Å². The molecule has 0 fully saturated rings. The third-order valence-corrected chi connectivity index (χ3v) is 2.49. The monoisotopic (exact) mass is 278 g/mol. The van der Waals surface area contributed by atoms with Crippen LogP contribution in [-0.4, -0.2) is 21.1 Å². The zero-order valence-corrected chi connectivity index (χ0v) is 9.68. The SMILES string of the molecule is O=C(Nc1cccnc1Br)c1ccnnc1. The minimum Gasteiger partial charge on any atom is -0.320 e. The molecule has 2 aromatic rings. The van der Waals surface area contributed by atoms with Gasteiger partial charge >= 0.3 is 0 Å². The molecule has 0 atom stereocenters. The number of carbonyl (C=O) groups excluding carboxylic acids is 1. The molecule has 0 aliphatic carbocycles. The quantitative estimate of drug-likeness (QED) is 0.852. The maximum atomic E-state index is 11.7. The fraction of sp³-hybridized carbons (Fsp3) is 0. The van der Waals surface area contributed by atoms with Crippen molar-refractivity contribution in [3.8, 4) is 0 Å². The molecule has 1 amide bonds. The van der Waals surface area contributed by atoms with Crippen molar-refractivity contribution in [2.75, 3.05) is 5.32 Å². The third kappa shape index (κ3) is 2.40. The first-order valence-electron chi connectivity index (χ1n) is 4.46. The number of halogens is 1. The zero-order valence-electron chi connectivity index (χ0n) is 8.09. The molecule has 1 N–H and O–H groups in total. The first-order valence-corrected chi connectivity index (χ1v) is 5.25. The lowest BCUT2D eigenvalue weighted by Crippen LogP contribution is -2.12. The predicted molar refractivity (Wildman–Crippen MR) is 61.9 cm³/mol. The zero-order chi connectivity index (χ0) is 11.4. The summed E-state index contributed by atoms with van der Waals surface area (Å²) in [6.07, 6.45) is 4.50. The van der Waals surface area contributed by atoms with Crippen LogP contribution in [0, 0.1) is 0 Å². The summed E-state index contributed by atoms with van der Waals surface area (Å²) in [4.78, 5) is 15.7. The van der Waals surface area contributed by atoms with E-state index in [4.69, 9.17) is 0 Å². The van der Waals surface area contributed by atoms with Crippen LogP contribution in [0.4, 0.5) is 5.69 Å². The van der Waals surface area contributed by atoms with E-state index in [0.29, 0.717) is 15.9 Å². The Kier molecular flexibility index (Phi) is 3.21. The summed E-state index contributed by atoms with van der Waals surface area (Å²) in [5, 5.41) is 9.94. The average molecular weight is 279 g/mol. The highest BCUT2D eigenvalue weighted by Gasteiger charge is 2.08. The minimum atomic E-state index is -0.247. The highest BCUT2D eigenvalue weighted by Crippen LogP contribution is 2.18. The molecule has 2 aromatic heterocycles. The molecule has 0 bridgehead atoms. The highest BCUT2D eigenvalue weighted by molar-refractivity contribution is 9.10. The Morgan fingerprint density at radius 3 is 2.81 bits per heavy atom. The second-order valence-corrected chi connectivity index (χ2v) is 3.68. The van der Waals surface area contributed by atoms with Gasteiger partial charge in [-0.05, 0) is 34.1 Å². The number of hydrogen-bond donors (Lipinski definition) is 1. The molecule has 0 aliphatic heterocycles. The van der Waals surface area contributed by atoms with Crippen molar-refractivity contribution in [2.24, 2.45) is 0 Å². The topological polar surface area (TPSA) is 67.8 Å². The van der Waals surface area contributed by atoms with Crippen LogP contribution in [0.2, 0.25) is 0 Å². The Hall–Kier alpha value is -1.82. The van der Waals surface area contributed by atoms with Gasteiger partial charge in [0.15, 0.2) is 0 Å². The molecule has 2 heterocycles. The van der Waals surface area contributed by atoms with E-state index in [1.807, 2.05) is 0 Å². The second kappa shape index (κ2) is 4.80. The van der Waals surface area contributed by atoms with E-state index >= 15 is 0 Å². The summed E-state index contributed by atoms with van der Waals surface area (Å²) in [5.74, 6) is -0.247. The average Bonchev–Trinajstić information content (AvgIpc) is 2.33. The molecule has 0 aromatic carbocycles. The van der Waals surface area contributed by atoms with Crippen molar-refractivity contribution in [2.45, 2.75) is 0 Å². The van der Waals surface area contributed by atoms with Gasteiger partial charge in [-0.25, -0.2) is 4.98 Å². The summed E-state index contributed by atoms with van der Waals surface area (Å²) in [6.45, 7) is 0. The maximum Gasteiger partial charge on any atom is 0.257 e. The van der Waals surface area contributed by atoms with Crippen LogP contribution in [-0.2, 0) is 0 Å². The molecule has 16 heavy (non-hydrogen) atoms. The molecule has 0 radical (unpaired) electrons. The molecule has 0 saturated carbocycles. The van der Waals surface area contributed by atoms with Crippen molar-refractivity contribution < 1.29 is 4.79 Å². The number of anilines is 1. The fourth-order valence-electron chi connectivity index (χ4n) is 1.10. The van der Waals surface area contributed by atoms with Gasteiger partial charge in [0.1, 0.15) is 4.60 Å². The van der Waals surface area contributed by atoms with Crippen LogP contribution >= 0.6 is 15.9 Å². The van der Waals surface area contributed by atoms with E-state index in [1.165, 1.54) is 12.4 Å². The third-order valence-electron chi connectivity index (χ3n) is 1.85. The molecule has 2 rings (SSSR count). The number of amides is 1. The van der Waals surface area contributed by atoms with Gasteiger partial charge in [0, 0.05) is 6.20 Å². The molecule has 0 spiro atoms. The molecule has 5 nitrogen and oxygen atoms in total. The van der Waals surface area contributed by atoms with Gasteiger partial charge in [0.05, 0.1) is 23.6 Å². The van der Waals surface area contributed by atoms with E-state index in [9.17, 15) is 4.79 Å². The molecular weight excluding hydrogens is 272 g/mol. The van der Waals surface area contributed by atoms with Crippen molar-refractivity contribution in [1.82, 2.24) is 15.2 Å². The van der Waals surface area contributed by atoms with E-state index in [2.05, 4.69) is 36.4 Å². The lowest BCUT2D eigenvalue weighted by Gasteiger charge is -2.05. The van der Waals surface area contributed by atoms with Gasteiger partial charge in [0.2, 0.25) is 0 Å². The highest BCUT2D eigenvalue weighted by atomic mass is 79.9. The van der Waals surface area contributed by atoms with Gasteiger partial charge in [0.25, 0.3) is 5.91 Å². The Morgan fingerprint density at radius 2 is 2.12 bits per heavy atom. The minimum absolute atomic E-state index is 0.247. The van der Waals surface area contributed by atoms with Gasteiger partial charge < -0.3 is 5.32 Å². The number of nitrogens with one attached hydrogen (secondary N) is 1. The normalized spacial score (nSPS) is 9.81. The van der Waals surface area contributed by atoms with Crippen LogP contribution in [0.1, 0.15) is 10.4 Å². The Balaban J connectivity index is 2.18. The number of carbonyl (C=O) groups is 1. The molecular formula is C10H7BrN4O. The first-order chi connectivity index (χ1) is 7.77. The molecule has 0 unspecified atom stereocenters. The van der Waals surface area contributed by atoms with Gasteiger partial charge in [-0.1, -0.05) is 0 Å². The first kappa shape index (κ1) is 10.7. The van der Waals surface area contributed by atoms with E-state index in [1.54, 1.807) is 24.4 Å². The van der Waals surface area contributed by atoms with Gasteiger partial charge in [-0.3, -0.25) is 4.79 Å². The van der Waals surface area contributed by atoms with Crippen molar-refractivity contribution in [3.63, 3.8) is 0 Å². The lowest BCUT2D eigenvalue weighted by atomic mass is 10.3. The molecule has 80 valence electrons. The predicted octanol–water partition coefficient (Wildman–Crippen LogP) is 1.89. The molecule has 0 saturated heterocycles. The van der Waals surface area contributed by atoms with E-state index in [0.717, 1.165) is 0 Å². The molecule has 0 aliphatic rings. The van der Waals surface area contributed by atoms with Gasteiger partial charge in [-0.15, -0.1) is 0 Å². The maximum absolute atomic E-state index is 11.7. The Labute approximate surface area is 100 Å². The number of aromatic nitrogens is 3. The van der Waals surface area contributed by atoms with Gasteiger partial charge in [-0.2, -0.15) is 10.2 Å². The number of nitrogens with zero attached hydrogens (tertiary/aromatic N) is 3. The van der Waals surface area contributed by atoms with Crippen molar-refractivity contribution in [1.29, 1.82) is 0 Å². The number of rotatable bonds is 2. The van der Waals surface area contributed by atoms with Crippen molar-refractivity contribution >= 4 is 27.5 Å². The van der Waals surface area contributed by atoms with Crippen LogP contribution in [0.5, 0.6) is 0 Å². The smallest absolute Gasteiger partial charge is 0.257 e. The standard InChI is InChI=1S/C10H7BrN4O/c11-9-8(2-1-4-12-9)15-10(16)7-3-5-13-14-6-7/h1-6H,(H,15,16). The summed E-state index contributed by atoms with van der Waals surface area (Å²) in [5.41, 5.74) is 1.06. The Morgan fingerprint density at radius 1 is 1.25 bits per heavy atom. The number of hydrogen-bond acceptors (Lipinski definition) is 4.